The predicted octanol–water partition coefficient (Wildman–Crippen LogP) is 8.62. The number of hydrogen-bond donors (Lipinski definition) is 0. The van der Waals surface area contributed by atoms with E-state index in [0.29, 0.717) is 45.6 Å². The van der Waals surface area contributed by atoms with E-state index in [-0.39, 0.29) is 0 Å². The van der Waals surface area contributed by atoms with E-state index in [1.165, 1.54) is 57.2 Å². The number of thiophene rings is 1. The van der Waals surface area contributed by atoms with Gasteiger partial charge in [0.1, 0.15) is 45.6 Å². The average molecular weight is 1010 g/mol. The van der Waals surface area contributed by atoms with Gasteiger partial charge < -0.3 is 0 Å². The lowest BCUT2D eigenvalue weighted by molar-refractivity contribution is 1.09. The molecule has 1 aliphatic carbocycles. The van der Waals surface area contributed by atoms with Crippen LogP contribution in [0.2, 0.25) is 0 Å². The summed E-state index contributed by atoms with van der Waals surface area (Å²) in [5.41, 5.74) is 6.83. The van der Waals surface area contributed by atoms with Gasteiger partial charge >= 0.3 is 0 Å². The molecular formula is C64H42N8SSi2. The maximum absolute atomic E-state index is 5.87. The highest BCUT2D eigenvalue weighted by molar-refractivity contribution is 7.26. The van der Waals surface area contributed by atoms with Crippen LogP contribution in [0.1, 0.15) is 0 Å². The zero-order valence-corrected chi connectivity index (χ0v) is 43.1. The first-order valence-electron chi connectivity index (χ1n) is 24.9. The van der Waals surface area contributed by atoms with E-state index in [9.17, 15) is 0 Å². The fourth-order valence-electron chi connectivity index (χ4n) is 11.5. The molecule has 8 aromatic carbocycles. The molecule has 0 N–H and O–H groups in total. The topological polar surface area (TPSA) is 103 Å². The van der Waals surface area contributed by atoms with Crippen LogP contribution in [0.15, 0.2) is 256 Å². The first-order valence-corrected chi connectivity index (χ1v) is 29.7. The Morgan fingerprint density at radius 3 is 1.21 bits per heavy atom. The summed E-state index contributed by atoms with van der Waals surface area (Å²) < 4.78 is 2.59. The highest BCUT2D eigenvalue weighted by Crippen LogP contribution is 2.42. The minimum Gasteiger partial charge on any atom is -0.251 e. The van der Waals surface area contributed by atoms with Crippen molar-refractivity contribution in [3.05, 3.63) is 256 Å². The Kier molecular flexibility index (Phi) is 10.9. The maximum atomic E-state index is 5.87. The molecule has 0 spiro atoms. The molecule has 75 heavy (non-hydrogen) atoms. The summed E-state index contributed by atoms with van der Waals surface area (Å²) in [5.74, 6) is 0. The highest BCUT2D eigenvalue weighted by atomic mass is 32.1. The van der Waals surface area contributed by atoms with Crippen molar-refractivity contribution in [1.29, 1.82) is 0 Å². The number of benzene rings is 8. The lowest BCUT2D eigenvalue weighted by Crippen LogP contribution is -2.78. The van der Waals surface area contributed by atoms with Gasteiger partial charge in [-0.15, -0.1) is 11.3 Å². The van der Waals surface area contributed by atoms with Gasteiger partial charge in [-0.3, -0.25) is 39.9 Å². The van der Waals surface area contributed by atoms with Crippen molar-refractivity contribution < 1.29 is 0 Å². The van der Waals surface area contributed by atoms with E-state index in [4.69, 9.17) is 39.9 Å². The zero-order valence-electron chi connectivity index (χ0n) is 40.2. The second-order valence-corrected chi connectivity index (χ2v) is 27.2. The molecule has 0 amide bonds. The molecule has 0 unspecified atom stereocenters. The second kappa shape index (κ2) is 18.3. The molecule has 0 saturated carbocycles. The standard InChI is InChI=1S/C64H42N8SSi2/c1-5-19-44(20-6-1)74(45-21-7-2-8-22-45,48-27-15-18-43(40-48)51-31-17-32-53-52-30-13-14-33-54(52)73-64(51)53)49-28-16-29-50(41-49)75(46-23-9-3-10-24-46,47-25-11-4-12-26-47)55-42-71-62-60-58(67-36-37-69-60)56-57(66-35-34-65-56)59-61(63(62)72-55)70-39-38-68-59/h1-42H. The van der Waals surface area contributed by atoms with Crippen molar-refractivity contribution in [3.63, 3.8) is 0 Å². The van der Waals surface area contributed by atoms with E-state index in [1.54, 1.807) is 37.2 Å². The third-order valence-electron chi connectivity index (χ3n) is 14.7. The van der Waals surface area contributed by atoms with E-state index in [0.717, 1.165) is 15.7 Å². The number of aromatic nitrogens is 8. The number of nitrogens with zero attached hydrogens (tertiary/aromatic N) is 8. The van der Waals surface area contributed by atoms with E-state index in [2.05, 4.69) is 212 Å². The molecule has 0 atom stereocenters. The van der Waals surface area contributed by atoms with Crippen molar-refractivity contribution in [2.75, 3.05) is 0 Å². The molecular weight excluding hydrogens is 969 g/mol. The molecule has 8 nitrogen and oxygen atoms in total. The van der Waals surface area contributed by atoms with Crippen LogP contribution in [0.25, 0.3) is 76.9 Å². The van der Waals surface area contributed by atoms with Crippen LogP contribution < -0.4 is 41.6 Å². The highest BCUT2D eigenvalue weighted by Gasteiger charge is 2.47. The zero-order chi connectivity index (χ0) is 49.8. The Labute approximate surface area is 439 Å². The van der Waals surface area contributed by atoms with Gasteiger partial charge in [0.15, 0.2) is 8.07 Å². The van der Waals surface area contributed by atoms with Gasteiger partial charge in [-0.1, -0.05) is 206 Å². The molecule has 0 aliphatic heterocycles. The minimum absolute atomic E-state index is 0.545. The van der Waals surface area contributed by atoms with Crippen LogP contribution >= 0.6 is 11.3 Å². The Balaban J connectivity index is 1.06. The monoisotopic (exact) mass is 1010 g/mol. The number of hydrogen-bond acceptors (Lipinski definition) is 9. The maximum Gasteiger partial charge on any atom is 0.203 e. The van der Waals surface area contributed by atoms with E-state index < -0.39 is 16.1 Å². The molecule has 5 heterocycles. The molecule has 11 heteroatoms. The second-order valence-electron chi connectivity index (χ2n) is 18.6. The summed E-state index contributed by atoms with van der Waals surface area (Å²) in [5, 5.41) is 12.0. The van der Waals surface area contributed by atoms with Crippen LogP contribution in [-0.4, -0.2) is 56.0 Å². The van der Waals surface area contributed by atoms with Crippen molar-refractivity contribution >= 4 is 89.3 Å². The van der Waals surface area contributed by atoms with Gasteiger partial charge in [0, 0.05) is 63.6 Å². The smallest absolute Gasteiger partial charge is 0.203 e. The molecule has 0 saturated heterocycles. The van der Waals surface area contributed by atoms with Crippen LogP contribution in [0.3, 0.4) is 0 Å². The van der Waals surface area contributed by atoms with Crippen molar-refractivity contribution in [1.82, 2.24) is 39.9 Å². The summed E-state index contributed by atoms with van der Waals surface area (Å²) in [6.07, 6.45) is 12.0. The molecule has 14 rings (SSSR count). The van der Waals surface area contributed by atoms with Crippen LogP contribution in [0, 0.1) is 0 Å². The Bertz CT molecular complexity index is 4190. The van der Waals surface area contributed by atoms with E-state index in [1.807, 2.05) is 17.5 Å². The Morgan fingerprint density at radius 1 is 0.293 bits per heavy atom. The van der Waals surface area contributed by atoms with Gasteiger partial charge in [-0.05, 0) is 53.5 Å². The predicted molar refractivity (Wildman–Crippen MR) is 310 cm³/mol. The molecule has 352 valence electrons. The van der Waals surface area contributed by atoms with Gasteiger partial charge in [0.25, 0.3) is 0 Å². The SMILES string of the molecule is c1ccc([Si](c2ccccc2)(c2cccc(-c3cccc4c3sc3ccccc34)c2)c2cccc([Si](c3ccccc3)(c3ccccc3)c3cnc4c(n3)-c3nccnc3-c3nccnc3-c3nccnc3-4)c2)cc1. The fourth-order valence-corrected chi connectivity index (χ4v) is 22.3. The van der Waals surface area contributed by atoms with Crippen molar-refractivity contribution in [2.24, 2.45) is 0 Å². The number of rotatable bonds is 9. The normalized spacial score (nSPS) is 12.0. The molecule has 13 aromatic rings. The van der Waals surface area contributed by atoms with Crippen LogP contribution in [-0.2, 0) is 0 Å². The summed E-state index contributed by atoms with van der Waals surface area (Å²) in [7, 11) is -6.65. The van der Waals surface area contributed by atoms with Gasteiger partial charge in [0.2, 0.25) is 8.07 Å². The van der Waals surface area contributed by atoms with Gasteiger partial charge in [0.05, 0.1) is 5.32 Å². The third-order valence-corrected chi connectivity index (χ3v) is 25.3. The van der Waals surface area contributed by atoms with Crippen molar-refractivity contribution in [2.45, 2.75) is 0 Å². The molecule has 1 aliphatic rings. The van der Waals surface area contributed by atoms with Gasteiger partial charge in [-0.2, -0.15) is 0 Å². The van der Waals surface area contributed by atoms with Crippen LogP contribution in [0.4, 0.5) is 0 Å². The largest absolute Gasteiger partial charge is 0.251 e. The van der Waals surface area contributed by atoms with Crippen molar-refractivity contribution in [3.8, 4) is 56.7 Å². The quantitative estimate of drug-likeness (QED) is 0.105. The summed E-state index contributed by atoms with van der Waals surface area (Å²) in [4.78, 5) is 40.6. The lowest BCUT2D eigenvalue weighted by atomic mass is 10.0. The molecule has 5 aromatic heterocycles. The molecule has 0 radical (unpaired) electrons. The molecule has 0 bridgehead atoms. The van der Waals surface area contributed by atoms with Crippen LogP contribution in [0.5, 0.6) is 0 Å². The summed E-state index contributed by atoms with van der Waals surface area (Å²) in [6, 6.07) is 78.6. The average Bonchev–Trinajstić information content (AvgIpc) is 3.88. The Hall–Kier alpha value is -9.27. The molecule has 0 fully saturated rings. The summed E-state index contributed by atoms with van der Waals surface area (Å²) >= 11 is 1.87. The number of fused-ring (bicyclic) bond motifs is 11. The van der Waals surface area contributed by atoms with E-state index >= 15 is 0 Å². The first kappa shape index (κ1) is 44.4. The van der Waals surface area contributed by atoms with Gasteiger partial charge in [-0.25, -0.2) is 0 Å². The first-order chi connectivity index (χ1) is 37.2. The third kappa shape index (κ3) is 7.08. The summed E-state index contributed by atoms with van der Waals surface area (Å²) in [6.45, 7) is 0. The lowest BCUT2D eigenvalue weighted by Gasteiger charge is -2.37. The fraction of sp³-hybridized carbons (Fsp3) is 0. The Morgan fingerprint density at radius 2 is 0.680 bits per heavy atom. The minimum atomic E-state index is -3.46.